The zero-order chi connectivity index (χ0) is 8.81. The molecule has 1 aliphatic rings. The van der Waals surface area contributed by atoms with Crippen LogP contribution in [0.15, 0.2) is 0 Å². The number of rotatable bonds is 4. The van der Waals surface area contributed by atoms with E-state index in [1.807, 2.05) is 0 Å². The second-order valence-electron chi connectivity index (χ2n) is 4.05. The Balaban J connectivity index is 2.05. The molecule has 3 N–H and O–H groups in total. The summed E-state index contributed by atoms with van der Waals surface area (Å²) in [4.78, 5) is 0. The highest BCUT2D eigenvalue weighted by molar-refractivity contribution is 4.70. The lowest BCUT2D eigenvalue weighted by Gasteiger charge is -2.23. The van der Waals surface area contributed by atoms with Gasteiger partial charge in [0.1, 0.15) is 0 Å². The summed E-state index contributed by atoms with van der Waals surface area (Å²) in [6.07, 6.45) is 7.16. The molecule has 1 aliphatic carbocycles. The molecule has 12 heavy (non-hydrogen) atoms. The molecule has 0 amide bonds. The van der Waals surface area contributed by atoms with Crippen molar-refractivity contribution in [3.8, 4) is 0 Å². The Morgan fingerprint density at radius 1 is 1.33 bits per heavy atom. The van der Waals surface area contributed by atoms with E-state index in [0.29, 0.717) is 6.04 Å². The molecular weight excluding hydrogens is 148 g/mol. The van der Waals surface area contributed by atoms with Gasteiger partial charge in [0.2, 0.25) is 0 Å². The molecule has 1 atom stereocenters. The molecule has 1 fully saturated rings. The molecule has 2 heteroatoms. The molecule has 0 spiro atoms. The monoisotopic (exact) mass is 170 g/mol. The molecule has 0 bridgehead atoms. The fraction of sp³-hybridized carbons (Fsp3) is 1.00. The van der Waals surface area contributed by atoms with Gasteiger partial charge >= 0.3 is 0 Å². The average molecular weight is 170 g/mol. The minimum atomic E-state index is 0.493. The molecule has 0 aliphatic heterocycles. The number of nitrogens with one attached hydrogen (secondary N) is 1. The molecule has 1 unspecified atom stereocenters. The highest BCUT2D eigenvalue weighted by atomic mass is 14.9. The second kappa shape index (κ2) is 5.55. The molecule has 2 nitrogen and oxygen atoms in total. The van der Waals surface area contributed by atoms with Crippen LogP contribution in [-0.2, 0) is 0 Å². The average Bonchev–Trinajstić information content (AvgIpc) is 2.16. The third kappa shape index (κ3) is 3.55. The normalized spacial score (nSPS) is 22.5. The van der Waals surface area contributed by atoms with E-state index in [1.54, 1.807) is 0 Å². The van der Waals surface area contributed by atoms with Gasteiger partial charge in [-0.15, -0.1) is 0 Å². The summed E-state index contributed by atoms with van der Waals surface area (Å²) in [5, 5.41) is 3.48. The highest BCUT2D eigenvalue weighted by Crippen LogP contribution is 2.22. The molecule has 0 aromatic carbocycles. The van der Waals surface area contributed by atoms with Crippen LogP contribution < -0.4 is 11.1 Å². The van der Waals surface area contributed by atoms with Crippen LogP contribution in [-0.4, -0.2) is 19.1 Å². The second-order valence-corrected chi connectivity index (χ2v) is 4.05. The standard InChI is InChI=1S/C10H22N2/c1-9(7-11)12-8-10-5-3-2-4-6-10/h9-10,12H,2-8,11H2,1H3. The lowest BCUT2D eigenvalue weighted by Crippen LogP contribution is -2.36. The molecule has 0 radical (unpaired) electrons. The maximum atomic E-state index is 5.53. The van der Waals surface area contributed by atoms with Crippen molar-refractivity contribution in [1.82, 2.24) is 5.32 Å². The molecule has 0 saturated heterocycles. The fourth-order valence-corrected chi connectivity index (χ4v) is 1.84. The third-order valence-electron chi connectivity index (χ3n) is 2.83. The third-order valence-corrected chi connectivity index (χ3v) is 2.83. The van der Waals surface area contributed by atoms with Crippen LogP contribution in [0.25, 0.3) is 0 Å². The Kier molecular flexibility index (Phi) is 4.62. The minimum Gasteiger partial charge on any atom is -0.329 e. The first-order valence-electron chi connectivity index (χ1n) is 5.26. The maximum absolute atomic E-state index is 5.53. The van der Waals surface area contributed by atoms with Crippen LogP contribution >= 0.6 is 0 Å². The molecule has 72 valence electrons. The summed E-state index contributed by atoms with van der Waals surface area (Å²) in [5.74, 6) is 0.924. The summed E-state index contributed by atoms with van der Waals surface area (Å²) in [6.45, 7) is 4.09. The van der Waals surface area contributed by atoms with E-state index in [-0.39, 0.29) is 0 Å². The summed E-state index contributed by atoms with van der Waals surface area (Å²) in [6, 6.07) is 0.493. The predicted molar refractivity (Wildman–Crippen MR) is 53.1 cm³/mol. The van der Waals surface area contributed by atoms with Crippen molar-refractivity contribution in [2.75, 3.05) is 13.1 Å². The Morgan fingerprint density at radius 3 is 2.58 bits per heavy atom. The summed E-state index contributed by atoms with van der Waals surface area (Å²) < 4.78 is 0. The van der Waals surface area contributed by atoms with Crippen molar-refractivity contribution in [3.63, 3.8) is 0 Å². The van der Waals surface area contributed by atoms with Gasteiger partial charge in [-0.25, -0.2) is 0 Å². The zero-order valence-electron chi connectivity index (χ0n) is 8.18. The fourth-order valence-electron chi connectivity index (χ4n) is 1.84. The van der Waals surface area contributed by atoms with E-state index in [9.17, 15) is 0 Å². The Labute approximate surface area is 75.9 Å². The van der Waals surface area contributed by atoms with Crippen LogP contribution in [0.4, 0.5) is 0 Å². The predicted octanol–water partition coefficient (Wildman–Crippen LogP) is 1.50. The summed E-state index contributed by atoms with van der Waals surface area (Å²) in [5.41, 5.74) is 5.53. The molecular formula is C10H22N2. The van der Waals surface area contributed by atoms with Gasteiger partial charge in [-0.1, -0.05) is 19.3 Å². The number of hydrogen-bond donors (Lipinski definition) is 2. The van der Waals surface area contributed by atoms with Crippen LogP contribution in [0.1, 0.15) is 39.0 Å². The SMILES string of the molecule is CC(CN)NCC1CCCCC1. The van der Waals surface area contributed by atoms with Gasteiger partial charge in [-0.05, 0) is 32.2 Å². The highest BCUT2D eigenvalue weighted by Gasteiger charge is 2.13. The smallest absolute Gasteiger partial charge is 0.0162 e. The first kappa shape index (κ1) is 10.0. The molecule has 1 rings (SSSR count). The Morgan fingerprint density at radius 2 is 2.00 bits per heavy atom. The van der Waals surface area contributed by atoms with Gasteiger partial charge in [-0.2, -0.15) is 0 Å². The van der Waals surface area contributed by atoms with E-state index in [1.165, 1.54) is 38.6 Å². The van der Waals surface area contributed by atoms with E-state index < -0.39 is 0 Å². The zero-order valence-corrected chi connectivity index (χ0v) is 8.18. The van der Waals surface area contributed by atoms with E-state index >= 15 is 0 Å². The lowest BCUT2D eigenvalue weighted by atomic mass is 9.89. The first-order chi connectivity index (χ1) is 5.83. The van der Waals surface area contributed by atoms with Gasteiger partial charge in [0.05, 0.1) is 0 Å². The van der Waals surface area contributed by atoms with E-state index in [4.69, 9.17) is 5.73 Å². The summed E-state index contributed by atoms with van der Waals surface area (Å²) in [7, 11) is 0. The van der Waals surface area contributed by atoms with Crippen molar-refractivity contribution in [1.29, 1.82) is 0 Å². The van der Waals surface area contributed by atoms with Crippen molar-refractivity contribution >= 4 is 0 Å². The molecule has 1 saturated carbocycles. The summed E-state index contributed by atoms with van der Waals surface area (Å²) >= 11 is 0. The largest absolute Gasteiger partial charge is 0.329 e. The molecule has 0 heterocycles. The van der Waals surface area contributed by atoms with Gasteiger partial charge in [-0.3, -0.25) is 0 Å². The van der Waals surface area contributed by atoms with Gasteiger partial charge in [0, 0.05) is 12.6 Å². The lowest BCUT2D eigenvalue weighted by molar-refractivity contribution is 0.331. The van der Waals surface area contributed by atoms with Crippen LogP contribution in [0.5, 0.6) is 0 Å². The van der Waals surface area contributed by atoms with Gasteiger partial charge in [0.15, 0.2) is 0 Å². The van der Waals surface area contributed by atoms with Crippen LogP contribution in [0, 0.1) is 5.92 Å². The van der Waals surface area contributed by atoms with E-state index in [2.05, 4.69) is 12.2 Å². The first-order valence-corrected chi connectivity index (χ1v) is 5.26. The molecule has 0 aromatic rings. The van der Waals surface area contributed by atoms with Crippen LogP contribution in [0.2, 0.25) is 0 Å². The molecule has 0 aromatic heterocycles. The Bertz CT molecular complexity index is 108. The van der Waals surface area contributed by atoms with Crippen molar-refractivity contribution in [2.45, 2.75) is 45.1 Å². The van der Waals surface area contributed by atoms with Crippen LogP contribution in [0.3, 0.4) is 0 Å². The van der Waals surface area contributed by atoms with Crippen molar-refractivity contribution in [2.24, 2.45) is 11.7 Å². The number of hydrogen-bond acceptors (Lipinski definition) is 2. The van der Waals surface area contributed by atoms with Gasteiger partial charge in [0.25, 0.3) is 0 Å². The van der Waals surface area contributed by atoms with Crippen molar-refractivity contribution in [3.05, 3.63) is 0 Å². The minimum absolute atomic E-state index is 0.493. The Hall–Kier alpha value is -0.0800. The van der Waals surface area contributed by atoms with Crippen molar-refractivity contribution < 1.29 is 0 Å². The van der Waals surface area contributed by atoms with E-state index in [0.717, 1.165) is 12.5 Å². The maximum Gasteiger partial charge on any atom is 0.0162 e. The number of nitrogens with two attached hydrogens (primary N) is 1. The van der Waals surface area contributed by atoms with Gasteiger partial charge < -0.3 is 11.1 Å². The topological polar surface area (TPSA) is 38.0 Å². The quantitative estimate of drug-likeness (QED) is 0.671.